The highest BCUT2D eigenvalue weighted by Crippen LogP contribution is 2.11. The molecular weight excluding hydrogens is 308 g/mol. The van der Waals surface area contributed by atoms with Crippen molar-refractivity contribution in [1.29, 1.82) is 0 Å². The van der Waals surface area contributed by atoms with E-state index in [0.717, 1.165) is 38.5 Å². The molecule has 0 aliphatic rings. The number of carbonyl (C=O) groups is 1. The fourth-order valence-electron chi connectivity index (χ4n) is 2.76. The van der Waals surface area contributed by atoms with Crippen LogP contribution in [0, 0.1) is 23.7 Å². The predicted octanol–water partition coefficient (Wildman–Crippen LogP) is 6.73. The molecule has 0 atom stereocenters. The summed E-state index contributed by atoms with van der Waals surface area (Å²) in [6.07, 6.45) is 19.6. The van der Waals surface area contributed by atoms with E-state index in [1.54, 1.807) is 0 Å². The molecule has 0 saturated carbocycles. The second-order valence-corrected chi connectivity index (χ2v) is 6.84. The summed E-state index contributed by atoms with van der Waals surface area (Å²) in [5.74, 6) is 11.4. The molecule has 0 unspecified atom stereocenters. The van der Waals surface area contributed by atoms with Crippen molar-refractivity contribution in [1.82, 2.24) is 0 Å². The normalized spacial score (nSPS) is 9.80. The third kappa shape index (κ3) is 22.6. The van der Waals surface area contributed by atoms with Crippen molar-refractivity contribution in [3.05, 3.63) is 0 Å². The zero-order chi connectivity index (χ0) is 18.4. The summed E-state index contributed by atoms with van der Waals surface area (Å²) in [5, 5.41) is 8.53. The average Bonchev–Trinajstić information content (AvgIpc) is 2.60. The Morgan fingerprint density at radius 3 is 1.48 bits per heavy atom. The summed E-state index contributed by atoms with van der Waals surface area (Å²) in [5.41, 5.74) is 0. The molecule has 1 N–H and O–H groups in total. The van der Waals surface area contributed by atoms with Crippen LogP contribution in [0.3, 0.4) is 0 Å². The summed E-state index contributed by atoms with van der Waals surface area (Å²) in [6, 6.07) is 0. The van der Waals surface area contributed by atoms with Crippen LogP contribution in [0.4, 0.5) is 0 Å². The second-order valence-electron chi connectivity index (χ2n) is 6.84. The molecule has 0 aliphatic heterocycles. The molecule has 2 heteroatoms. The summed E-state index contributed by atoms with van der Waals surface area (Å²) >= 11 is 0. The van der Waals surface area contributed by atoms with E-state index in [4.69, 9.17) is 5.11 Å². The molecule has 25 heavy (non-hydrogen) atoms. The van der Waals surface area contributed by atoms with Crippen LogP contribution in [0.2, 0.25) is 0 Å². The number of unbranched alkanes of at least 4 members (excludes halogenated alkanes) is 14. The lowest BCUT2D eigenvalue weighted by molar-refractivity contribution is -0.137. The van der Waals surface area contributed by atoms with Gasteiger partial charge in [-0.15, -0.1) is 0 Å². The van der Waals surface area contributed by atoms with Gasteiger partial charge in [-0.25, -0.2) is 0 Å². The van der Waals surface area contributed by atoms with Crippen molar-refractivity contribution in [2.45, 2.75) is 116 Å². The number of carboxylic acids is 1. The smallest absolute Gasteiger partial charge is 0.303 e. The fraction of sp³-hybridized carbons (Fsp3) is 0.783. The molecule has 0 spiro atoms. The SMILES string of the molecule is CCCCCCCCCCCCC#CC#CCCCCCCC(=O)O. The Balaban J connectivity index is 3.25. The van der Waals surface area contributed by atoms with Crippen LogP contribution >= 0.6 is 0 Å². The Kier molecular flexibility index (Phi) is 19.5. The van der Waals surface area contributed by atoms with Crippen molar-refractivity contribution < 1.29 is 9.90 Å². The van der Waals surface area contributed by atoms with Crippen LogP contribution in [0.25, 0.3) is 0 Å². The van der Waals surface area contributed by atoms with Gasteiger partial charge in [0.25, 0.3) is 0 Å². The molecule has 0 rings (SSSR count). The minimum Gasteiger partial charge on any atom is -0.481 e. The monoisotopic (exact) mass is 346 g/mol. The lowest BCUT2D eigenvalue weighted by atomic mass is 10.1. The van der Waals surface area contributed by atoms with E-state index >= 15 is 0 Å². The van der Waals surface area contributed by atoms with Crippen LogP contribution in [-0.4, -0.2) is 11.1 Å². The Morgan fingerprint density at radius 1 is 0.640 bits per heavy atom. The van der Waals surface area contributed by atoms with Crippen molar-refractivity contribution >= 4 is 5.97 Å². The van der Waals surface area contributed by atoms with E-state index < -0.39 is 5.97 Å². The molecule has 0 heterocycles. The van der Waals surface area contributed by atoms with Gasteiger partial charge in [0.1, 0.15) is 0 Å². The predicted molar refractivity (Wildman–Crippen MR) is 107 cm³/mol. The van der Waals surface area contributed by atoms with Gasteiger partial charge < -0.3 is 5.11 Å². The van der Waals surface area contributed by atoms with Gasteiger partial charge in [0.05, 0.1) is 0 Å². The third-order valence-electron chi connectivity index (χ3n) is 4.34. The average molecular weight is 347 g/mol. The molecular formula is C23H38O2. The van der Waals surface area contributed by atoms with E-state index in [1.165, 1.54) is 64.2 Å². The van der Waals surface area contributed by atoms with Gasteiger partial charge in [0.2, 0.25) is 0 Å². The second kappa shape index (κ2) is 20.6. The van der Waals surface area contributed by atoms with Gasteiger partial charge >= 0.3 is 5.97 Å². The first-order chi connectivity index (χ1) is 12.3. The van der Waals surface area contributed by atoms with E-state index in [9.17, 15) is 4.79 Å². The maximum Gasteiger partial charge on any atom is 0.303 e. The maximum absolute atomic E-state index is 10.4. The van der Waals surface area contributed by atoms with Crippen LogP contribution in [0.15, 0.2) is 0 Å². The van der Waals surface area contributed by atoms with Crippen molar-refractivity contribution in [2.24, 2.45) is 0 Å². The number of rotatable bonds is 16. The zero-order valence-corrected chi connectivity index (χ0v) is 16.4. The van der Waals surface area contributed by atoms with Gasteiger partial charge in [-0.2, -0.15) is 0 Å². The van der Waals surface area contributed by atoms with Gasteiger partial charge in [-0.1, -0.05) is 89.4 Å². The molecule has 142 valence electrons. The third-order valence-corrected chi connectivity index (χ3v) is 4.34. The van der Waals surface area contributed by atoms with Crippen molar-refractivity contribution in [3.8, 4) is 23.7 Å². The molecule has 2 nitrogen and oxygen atoms in total. The van der Waals surface area contributed by atoms with Gasteiger partial charge in [-0.3, -0.25) is 4.79 Å². The quantitative estimate of drug-likeness (QED) is 0.248. The first-order valence-electron chi connectivity index (χ1n) is 10.4. The number of hydrogen-bond donors (Lipinski definition) is 1. The number of aliphatic carboxylic acids is 1. The van der Waals surface area contributed by atoms with Crippen LogP contribution < -0.4 is 0 Å². The summed E-state index contributed by atoms with van der Waals surface area (Å²) in [6.45, 7) is 2.27. The van der Waals surface area contributed by atoms with Crippen molar-refractivity contribution in [2.75, 3.05) is 0 Å². The minimum atomic E-state index is -0.697. The topological polar surface area (TPSA) is 37.3 Å². The van der Waals surface area contributed by atoms with Crippen LogP contribution in [0.5, 0.6) is 0 Å². The van der Waals surface area contributed by atoms with Crippen LogP contribution in [-0.2, 0) is 4.79 Å². The molecule has 0 aromatic rings. The highest BCUT2D eigenvalue weighted by Gasteiger charge is 1.95. The lowest BCUT2D eigenvalue weighted by Crippen LogP contribution is -1.93. The van der Waals surface area contributed by atoms with Crippen molar-refractivity contribution in [3.63, 3.8) is 0 Å². The fourth-order valence-corrected chi connectivity index (χ4v) is 2.76. The van der Waals surface area contributed by atoms with Gasteiger partial charge in [0, 0.05) is 19.3 Å². The number of carboxylic acid groups (broad SMARTS) is 1. The van der Waals surface area contributed by atoms with E-state index in [2.05, 4.69) is 30.6 Å². The molecule has 0 aromatic carbocycles. The summed E-state index contributed by atoms with van der Waals surface area (Å²) in [4.78, 5) is 10.4. The van der Waals surface area contributed by atoms with E-state index in [-0.39, 0.29) is 6.42 Å². The molecule has 0 bridgehead atoms. The van der Waals surface area contributed by atoms with Gasteiger partial charge in [-0.05, 0) is 31.1 Å². The summed E-state index contributed by atoms with van der Waals surface area (Å²) in [7, 11) is 0. The van der Waals surface area contributed by atoms with Gasteiger partial charge in [0.15, 0.2) is 0 Å². The molecule has 0 radical (unpaired) electrons. The zero-order valence-electron chi connectivity index (χ0n) is 16.4. The Morgan fingerprint density at radius 2 is 1.04 bits per heavy atom. The molecule has 0 fully saturated rings. The first kappa shape index (κ1) is 23.6. The molecule has 0 amide bonds. The molecule has 0 aromatic heterocycles. The molecule has 0 aliphatic carbocycles. The Labute approximate surface area is 156 Å². The van der Waals surface area contributed by atoms with Crippen LogP contribution in [0.1, 0.15) is 116 Å². The Hall–Kier alpha value is -1.41. The largest absolute Gasteiger partial charge is 0.481 e. The molecule has 0 saturated heterocycles. The Bertz CT molecular complexity index is 417. The lowest BCUT2D eigenvalue weighted by Gasteiger charge is -2.00. The number of hydrogen-bond acceptors (Lipinski definition) is 1. The summed E-state index contributed by atoms with van der Waals surface area (Å²) < 4.78 is 0. The standard InChI is InChI=1S/C23H38O2/c1-2-3-4-5-6-7-8-9-10-11-12-13-14-15-16-17-18-19-20-21-22-23(24)25/h2-12,17-22H2,1H3,(H,24,25). The highest BCUT2D eigenvalue weighted by molar-refractivity contribution is 5.66. The van der Waals surface area contributed by atoms with E-state index in [1.807, 2.05) is 0 Å². The van der Waals surface area contributed by atoms with E-state index in [0.29, 0.717) is 0 Å². The highest BCUT2D eigenvalue weighted by atomic mass is 16.4. The maximum atomic E-state index is 10.4. The minimum absolute atomic E-state index is 0.288. The first-order valence-corrected chi connectivity index (χ1v) is 10.4.